The number of methoxy groups -OCH3 is 1. The van der Waals surface area contributed by atoms with Gasteiger partial charge in [0.15, 0.2) is 0 Å². The van der Waals surface area contributed by atoms with E-state index in [4.69, 9.17) is 9.47 Å². The average molecular weight is 397 g/mol. The first kappa shape index (κ1) is 21.2. The van der Waals surface area contributed by atoms with E-state index in [1.807, 2.05) is 36.4 Å². The largest absolute Gasteiger partial charge is 0.497 e. The van der Waals surface area contributed by atoms with Crippen molar-refractivity contribution in [1.82, 2.24) is 10.2 Å². The number of carbonyl (C=O) groups is 1. The maximum atomic E-state index is 12.7. The Labute approximate surface area is 174 Å². The molecule has 0 saturated carbocycles. The molecular formula is C24H32N2O3. The molecule has 0 bridgehead atoms. The molecule has 3 rings (SSSR count). The van der Waals surface area contributed by atoms with Crippen molar-refractivity contribution in [3.05, 3.63) is 59.7 Å². The zero-order valence-electron chi connectivity index (χ0n) is 17.7. The summed E-state index contributed by atoms with van der Waals surface area (Å²) in [6.45, 7) is 7.60. The highest BCUT2D eigenvalue weighted by Crippen LogP contribution is 2.26. The van der Waals surface area contributed by atoms with Crippen LogP contribution >= 0.6 is 0 Å². The Morgan fingerprint density at radius 2 is 1.62 bits per heavy atom. The summed E-state index contributed by atoms with van der Waals surface area (Å²) in [4.78, 5) is 15.1. The Balaban J connectivity index is 1.62. The summed E-state index contributed by atoms with van der Waals surface area (Å²) in [5.41, 5.74) is 1.85. The molecule has 2 aromatic rings. The van der Waals surface area contributed by atoms with E-state index < -0.39 is 0 Å². The van der Waals surface area contributed by atoms with Gasteiger partial charge in [-0.15, -0.1) is 0 Å². The molecule has 0 unspecified atom stereocenters. The summed E-state index contributed by atoms with van der Waals surface area (Å²) in [5, 5.41) is 3.12. The molecule has 29 heavy (non-hydrogen) atoms. The van der Waals surface area contributed by atoms with Crippen LogP contribution < -0.4 is 14.8 Å². The lowest BCUT2D eigenvalue weighted by Crippen LogP contribution is -2.36. The monoisotopic (exact) mass is 396 g/mol. The maximum Gasteiger partial charge on any atom is 0.251 e. The fourth-order valence-electron chi connectivity index (χ4n) is 3.59. The van der Waals surface area contributed by atoms with Crippen LogP contribution in [-0.2, 0) is 0 Å². The summed E-state index contributed by atoms with van der Waals surface area (Å²) in [6.07, 6.45) is 2.41. The van der Waals surface area contributed by atoms with Gasteiger partial charge in [0.25, 0.3) is 5.91 Å². The molecule has 1 aliphatic heterocycles. The van der Waals surface area contributed by atoms with E-state index in [0.717, 1.165) is 24.6 Å². The second-order valence-electron chi connectivity index (χ2n) is 7.97. The van der Waals surface area contributed by atoms with Gasteiger partial charge in [0, 0.05) is 12.1 Å². The number of nitrogens with zero attached hydrogens (tertiary/aromatic N) is 1. The molecule has 1 aliphatic rings. The van der Waals surface area contributed by atoms with Crippen molar-refractivity contribution in [1.29, 1.82) is 0 Å². The molecular weight excluding hydrogens is 364 g/mol. The van der Waals surface area contributed by atoms with Crippen LogP contribution in [0.4, 0.5) is 0 Å². The van der Waals surface area contributed by atoms with Crippen LogP contribution in [0.1, 0.15) is 48.7 Å². The lowest BCUT2D eigenvalue weighted by Gasteiger charge is -2.28. The highest BCUT2D eigenvalue weighted by molar-refractivity contribution is 5.94. The number of benzene rings is 2. The number of hydrogen-bond donors (Lipinski definition) is 1. The van der Waals surface area contributed by atoms with Gasteiger partial charge in [0.2, 0.25) is 0 Å². The summed E-state index contributed by atoms with van der Waals surface area (Å²) in [5.74, 6) is 2.05. The van der Waals surface area contributed by atoms with Gasteiger partial charge >= 0.3 is 0 Å². The van der Waals surface area contributed by atoms with Gasteiger partial charge < -0.3 is 14.8 Å². The topological polar surface area (TPSA) is 50.8 Å². The normalized spacial score (nSPS) is 15.3. The minimum Gasteiger partial charge on any atom is -0.497 e. The lowest BCUT2D eigenvalue weighted by molar-refractivity contribution is 0.0938. The maximum absolute atomic E-state index is 12.7. The van der Waals surface area contributed by atoms with Gasteiger partial charge in [-0.05, 0) is 73.8 Å². The Morgan fingerprint density at radius 3 is 2.21 bits per heavy atom. The zero-order chi connectivity index (χ0) is 20.6. The smallest absolute Gasteiger partial charge is 0.251 e. The van der Waals surface area contributed by atoms with Crippen LogP contribution in [0, 0.1) is 5.92 Å². The quantitative estimate of drug-likeness (QED) is 0.687. The molecule has 1 fully saturated rings. The van der Waals surface area contributed by atoms with E-state index in [2.05, 4.69) is 36.2 Å². The highest BCUT2D eigenvalue weighted by Gasteiger charge is 2.24. The van der Waals surface area contributed by atoms with Gasteiger partial charge in [0.1, 0.15) is 11.5 Å². The minimum absolute atomic E-state index is 0.0573. The van der Waals surface area contributed by atoms with Crippen molar-refractivity contribution >= 4 is 5.91 Å². The number of likely N-dealkylation sites (tertiary alicyclic amines) is 1. The molecule has 1 amide bonds. The fraction of sp³-hybridized carbons (Fsp3) is 0.458. The van der Waals surface area contributed by atoms with E-state index in [0.29, 0.717) is 24.6 Å². The fourth-order valence-corrected chi connectivity index (χ4v) is 3.59. The Morgan fingerprint density at radius 1 is 1.00 bits per heavy atom. The SMILES string of the molecule is COc1ccc([C@@H](CNC(=O)c2ccc(OCC(C)C)cc2)N2CCCC2)cc1. The molecule has 1 N–H and O–H groups in total. The molecule has 1 saturated heterocycles. The van der Waals surface area contributed by atoms with E-state index in [9.17, 15) is 4.79 Å². The minimum atomic E-state index is -0.0573. The second-order valence-corrected chi connectivity index (χ2v) is 7.97. The molecule has 5 heteroatoms. The van der Waals surface area contributed by atoms with Gasteiger partial charge in [-0.25, -0.2) is 0 Å². The Bertz CT molecular complexity index is 766. The van der Waals surface area contributed by atoms with Crippen molar-refractivity contribution in [3.8, 4) is 11.5 Å². The Hall–Kier alpha value is -2.53. The Kier molecular flexibility index (Phi) is 7.53. The second kappa shape index (κ2) is 10.3. The van der Waals surface area contributed by atoms with Crippen molar-refractivity contribution < 1.29 is 14.3 Å². The van der Waals surface area contributed by atoms with Gasteiger partial charge in [0.05, 0.1) is 19.8 Å². The first-order valence-corrected chi connectivity index (χ1v) is 10.5. The third kappa shape index (κ3) is 5.97. The predicted molar refractivity (Wildman–Crippen MR) is 116 cm³/mol. The number of rotatable bonds is 9. The van der Waals surface area contributed by atoms with Crippen LogP contribution in [0.25, 0.3) is 0 Å². The van der Waals surface area contributed by atoms with Crippen molar-refractivity contribution in [2.45, 2.75) is 32.7 Å². The van der Waals surface area contributed by atoms with Crippen LogP contribution in [0.2, 0.25) is 0 Å². The molecule has 5 nitrogen and oxygen atoms in total. The number of carbonyl (C=O) groups excluding carboxylic acids is 1. The number of hydrogen-bond acceptors (Lipinski definition) is 4. The lowest BCUT2D eigenvalue weighted by atomic mass is 10.0. The third-order valence-electron chi connectivity index (χ3n) is 5.24. The molecule has 1 atom stereocenters. The molecule has 2 aromatic carbocycles. The standard InChI is InChI=1S/C24H32N2O3/c1-18(2)17-29-22-12-8-20(9-13-22)24(27)25-16-23(26-14-4-5-15-26)19-6-10-21(28-3)11-7-19/h6-13,18,23H,4-5,14-17H2,1-3H3,(H,25,27)/t23-/m1/s1. The number of amides is 1. The van der Waals surface area contributed by atoms with Crippen LogP contribution in [0.3, 0.4) is 0 Å². The summed E-state index contributed by atoms with van der Waals surface area (Å²) in [6, 6.07) is 15.7. The van der Waals surface area contributed by atoms with Crippen molar-refractivity contribution in [3.63, 3.8) is 0 Å². The summed E-state index contributed by atoms with van der Waals surface area (Å²) < 4.78 is 11.0. The zero-order valence-corrected chi connectivity index (χ0v) is 17.7. The highest BCUT2D eigenvalue weighted by atomic mass is 16.5. The van der Waals surface area contributed by atoms with Crippen LogP contribution in [0.5, 0.6) is 11.5 Å². The number of nitrogens with one attached hydrogen (secondary N) is 1. The van der Waals surface area contributed by atoms with E-state index in [-0.39, 0.29) is 11.9 Å². The van der Waals surface area contributed by atoms with E-state index in [1.54, 1.807) is 7.11 Å². The molecule has 0 radical (unpaired) electrons. The number of ether oxygens (including phenoxy) is 2. The first-order chi connectivity index (χ1) is 14.1. The summed E-state index contributed by atoms with van der Waals surface area (Å²) in [7, 11) is 1.67. The van der Waals surface area contributed by atoms with Crippen molar-refractivity contribution in [2.24, 2.45) is 5.92 Å². The predicted octanol–water partition coefficient (Wildman–Crippen LogP) is 4.30. The van der Waals surface area contributed by atoms with Gasteiger partial charge in [-0.2, -0.15) is 0 Å². The van der Waals surface area contributed by atoms with E-state index in [1.165, 1.54) is 18.4 Å². The summed E-state index contributed by atoms with van der Waals surface area (Å²) >= 11 is 0. The van der Waals surface area contributed by atoms with Gasteiger partial charge in [-0.3, -0.25) is 9.69 Å². The van der Waals surface area contributed by atoms with Crippen LogP contribution in [0.15, 0.2) is 48.5 Å². The molecule has 0 aliphatic carbocycles. The van der Waals surface area contributed by atoms with Crippen LogP contribution in [-0.4, -0.2) is 44.2 Å². The molecule has 0 spiro atoms. The molecule has 156 valence electrons. The average Bonchev–Trinajstić information content (AvgIpc) is 3.27. The van der Waals surface area contributed by atoms with Gasteiger partial charge in [-0.1, -0.05) is 26.0 Å². The van der Waals surface area contributed by atoms with E-state index >= 15 is 0 Å². The molecule has 1 heterocycles. The third-order valence-corrected chi connectivity index (χ3v) is 5.24. The van der Waals surface area contributed by atoms with Crippen molar-refractivity contribution in [2.75, 3.05) is 33.4 Å². The first-order valence-electron chi connectivity index (χ1n) is 10.5. The molecule has 0 aromatic heterocycles.